The number of hydrogen-bond donors (Lipinski definition) is 2. The second kappa shape index (κ2) is 9.47. The van der Waals surface area contributed by atoms with Crippen molar-refractivity contribution in [2.45, 2.75) is 0 Å². The van der Waals surface area contributed by atoms with E-state index in [1.807, 2.05) is 24.3 Å². The summed E-state index contributed by atoms with van der Waals surface area (Å²) in [5.41, 5.74) is 4.94. The van der Waals surface area contributed by atoms with Crippen molar-refractivity contribution >= 4 is 5.97 Å². The van der Waals surface area contributed by atoms with E-state index >= 15 is 0 Å². The predicted octanol–water partition coefficient (Wildman–Crippen LogP) is 5.37. The van der Waals surface area contributed by atoms with E-state index in [0.29, 0.717) is 0 Å². The number of aromatic hydroxyl groups is 2. The molecule has 158 valence electrons. The Balaban J connectivity index is 0.000000367. The van der Waals surface area contributed by atoms with Crippen molar-refractivity contribution in [1.82, 2.24) is 0 Å². The summed E-state index contributed by atoms with van der Waals surface area (Å²) in [7, 11) is 0. The van der Waals surface area contributed by atoms with Gasteiger partial charge in [0.2, 0.25) is 0 Å². The summed E-state index contributed by atoms with van der Waals surface area (Å²) in [5.74, 6) is 7.72. The SMILES string of the molecule is C#Cc1ccccc1C#Cc1ccc(OC(=O)c2cc(O)ccc2O)cc1.c1cc2ccc1-2. The average Bonchev–Trinajstić information content (AvgIpc) is 2.83. The Hall–Kier alpha value is -4.93. The van der Waals surface area contributed by atoms with E-state index in [0.717, 1.165) is 22.8 Å². The Kier molecular flexibility index (Phi) is 6.12. The van der Waals surface area contributed by atoms with E-state index in [-0.39, 0.29) is 22.8 Å². The van der Waals surface area contributed by atoms with Crippen LogP contribution in [0.15, 0.2) is 91.0 Å². The average molecular weight is 430 g/mol. The minimum absolute atomic E-state index is 0.121. The molecule has 5 rings (SSSR count). The fourth-order valence-corrected chi connectivity index (χ4v) is 2.98. The van der Waals surface area contributed by atoms with Crippen molar-refractivity contribution in [1.29, 1.82) is 0 Å². The van der Waals surface area contributed by atoms with Gasteiger partial charge in [0.25, 0.3) is 0 Å². The van der Waals surface area contributed by atoms with Crippen LogP contribution in [0, 0.1) is 24.2 Å². The molecule has 0 spiro atoms. The van der Waals surface area contributed by atoms with E-state index in [4.69, 9.17) is 11.2 Å². The molecule has 0 heterocycles. The first-order chi connectivity index (χ1) is 16.0. The van der Waals surface area contributed by atoms with Crippen LogP contribution in [0.2, 0.25) is 0 Å². The number of terminal acetylenes is 1. The molecule has 0 saturated heterocycles. The number of esters is 1. The molecule has 0 unspecified atom stereocenters. The van der Waals surface area contributed by atoms with Gasteiger partial charge in [-0.25, -0.2) is 4.79 Å². The molecule has 4 nitrogen and oxygen atoms in total. The molecule has 4 heteroatoms. The molecule has 33 heavy (non-hydrogen) atoms. The van der Waals surface area contributed by atoms with Gasteiger partial charge in [0.1, 0.15) is 22.8 Å². The van der Waals surface area contributed by atoms with Gasteiger partial charge in [0.05, 0.1) is 0 Å². The molecule has 0 aliphatic heterocycles. The third-order valence-electron chi connectivity index (χ3n) is 4.91. The Morgan fingerprint density at radius 2 is 1.39 bits per heavy atom. The molecule has 0 saturated carbocycles. The first kappa shape index (κ1) is 21.3. The maximum atomic E-state index is 12.1. The topological polar surface area (TPSA) is 66.8 Å². The lowest BCUT2D eigenvalue weighted by Gasteiger charge is -2.10. The highest BCUT2D eigenvalue weighted by Gasteiger charge is 2.14. The standard InChI is InChI=1S/C23H14O4.C6H4/c1-2-17-5-3-4-6-18(17)10-7-16-8-12-20(13-9-16)27-23(26)21-15-19(24)11-14-22(21)25;1-2-6-4-3-5(1)6/h1,3-6,8-9,11-15,24-25H;1-4H. The van der Waals surface area contributed by atoms with Gasteiger partial charge < -0.3 is 14.9 Å². The highest BCUT2D eigenvalue weighted by atomic mass is 16.5. The molecule has 0 bridgehead atoms. The molecular formula is C29H18O4. The van der Waals surface area contributed by atoms with Crippen molar-refractivity contribution in [3.63, 3.8) is 0 Å². The lowest BCUT2D eigenvalue weighted by molar-refractivity contribution is 0.0731. The van der Waals surface area contributed by atoms with Gasteiger partial charge >= 0.3 is 5.97 Å². The van der Waals surface area contributed by atoms with Crippen LogP contribution in [-0.2, 0) is 0 Å². The summed E-state index contributed by atoms with van der Waals surface area (Å²) in [6, 6.07) is 26.1. The Morgan fingerprint density at radius 3 is 1.97 bits per heavy atom. The van der Waals surface area contributed by atoms with Crippen LogP contribution >= 0.6 is 0 Å². The molecule has 2 aliphatic rings. The molecular weight excluding hydrogens is 412 g/mol. The zero-order chi connectivity index (χ0) is 23.2. The van der Waals surface area contributed by atoms with Gasteiger partial charge in [-0.1, -0.05) is 54.2 Å². The van der Waals surface area contributed by atoms with Crippen molar-refractivity contribution in [2.75, 3.05) is 0 Å². The number of hydrogen-bond acceptors (Lipinski definition) is 4. The van der Waals surface area contributed by atoms with E-state index < -0.39 is 5.97 Å². The molecule has 3 aromatic carbocycles. The summed E-state index contributed by atoms with van der Waals surface area (Å²) in [4.78, 5) is 12.1. The van der Waals surface area contributed by atoms with Crippen LogP contribution in [0.1, 0.15) is 27.0 Å². The molecule has 2 N–H and O–H groups in total. The number of benzene rings is 4. The lowest BCUT2D eigenvalue weighted by Crippen LogP contribution is -2.08. The molecule has 0 radical (unpaired) electrons. The van der Waals surface area contributed by atoms with E-state index in [9.17, 15) is 15.0 Å². The van der Waals surface area contributed by atoms with Crippen molar-refractivity contribution < 1.29 is 19.7 Å². The predicted molar refractivity (Wildman–Crippen MR) is 127 cm³/mol. The smallest absolute Gasteiger partial charge is 0.347 e. The fourth-order valence-electron chi connectivity index (χ4n) is 2.98. The van der Waals surface area contributed by atoms with E-state index in [1.165, 1.54) is 23.3 Å². The number of rotatable bonds is 2. The Bertz CT molecular complexity index is 1390. The lowest BCUT2D eigenvalue weighted by atomic mass is 9.95. The summed E-state index contributed by atoms with van der Waals surface area (Å²) < 4.78 is 5.21. The second-order valence-corrected chi connectivity index (χ2v) is 7.13. The monoisotopic (exact) mass is 430 g/mol. The molecule has 0 amide bonds. The van der Waals surface area contributed by atoms with Crippen LogP contribution in [0.25, 0.3) is 11.1 Å². The Labute approximate surface area is 191 Å². The maximum absolute atomic E-state index is 12.1. The van der Waals surface area contributed by atoms with Crippen LogP contribution in [0.3, 0.4) is 0 Å². The number of carbonyl (C=O) groups is 1. The maximum Gasteiger partial charge on any atom is 0.347 e. The summed E-state index contributed by atoms with van der Waals surface area (Å²) in [6.45, 7) is 0. The van der Waals surface area contributed by atoms with Crippen molar-refractivity contribution in [3.8, 4) is 52.6 Å². The molecule has 0 atom stereocenters. The van der Waals surface area contributed by atoms with E-state index in [1.54, 1.807) is 24.3 Å². The summed E-state index contributed by atoms with van der Waals surface area (Å²) in [6.07, 6.45) is 5.45. The fraction of sp³-hybridized carbons (Fsp3) is 0. The zero-order valence-electron chi connectivity index (χ0n) is 17.4. The minimum atomic E-state index is -0.773. The molecule has 0 fully saturated rings. The molecule has 3 aromatic rings. The van der Waals surface area contributed by atoms with Gasteiger partial charge in [0.15, 0.2) is 0 Å². The highest BCUT2D eigenvalue weighted by molar-refractivity contribution is 5.94. The van der Waals surface area contributed by atoms with Gasteiger partial charge in [-0.05, 0) is 65.7 Å². The van der Waals surface area contributed by atoms with E-state index in [2.05, 4.69) is 42.0 Å². The van der Waals surface area contributed by atoms with Gasteiger partial charge in [-0.2, -0.15) is 0 Å². The van der Waals surface area contributed by atoms with Gasteiger partial charge in [-0.15, -0.1) is 6.42 Å². The molecule has 2 aliphatic carbocycles. The van der Waals surface area contributed by atoms with Crippen LogP contribution in [0.4, 0.5) is 0 Å². The van der Waals surface area contributed by atoms with Gasteiger partial charge in [0, 0.05) is 16.7 Å². The summed E-state index contributed by atoms with van der Waals surface area (Å²) >= 11 is 0. The highest BCUT2D eigenvalue weighted by Crippen LogP contribution is 2.29. The number of fused-ring (bicyclic) bond motifs is 1. The Morgan fingerprint density at radius 1 is 0.758 bits per heavy atom. The first-order valence-corrected chi connectivity index (χ1v) is 10.1. The third-order valence-corrected chi connectivity index (χ3v) is 4.91. The quantitative estimate of drug-likeness (QED) is 0.171. The zero-order valence-corrected chi connectivity index (χ0v) is 17.4. The number of ether oxygens (including phenoxy) is 1. The van der Waals surface area contributed by atoms with Crippen LogP contribution in [-0.4, -0.2) is 16.2 Å². The number of phenolic OH excluding ortho intramolecular Hbond substituents is 2. The second-order valence-electron chi connectivity index (χ2n) is 7.13. The summed E-state index contributed by atoms with van der Waals surface area (Å²) in [5, 5.41) is 19.1. The third kappa shape index (κ3) is 5.05. The molecule has 0 aromatic heterocycles. The van der Waals surface area contributed by atoms with Crippen molar-refractivity contribution in [2.24, 2.45) is 0 Å². The number of phenols is 2. The normalized spacial score (nSPS) is 9.91. The largest absolute Gasteiger partial charge is 0.508 e. The first-order valence-electron chi connectivity index (χ1n) is 10.1. The van der Waals surface area contributed by atoms with Crippen LogP contribution in [0.5, 0.6) is 17.2 Å². The van der Waals surface area contributed by atoms with Crippen LogP contribution < -0.4 is 4.74 Å². The van der Waals surface area contributed by atoms with Gasteiger partial charge in [-0.3, -0.25) is 0 Å². The number of carbonyl (C=O) groups excluding carboxylic acids is 1. The minimum Gasteiger partial charge on any atom is -0.508 e. The van der Waals surface area contributed by atoms with Crippen molar-refractivity contribution in [3.05, 3.63) is 113 Å².